The fraction of sp³-hybridized carbons (Fsp3) is 0.583. The van der Waals surface area contributed by atoms with Crippen LogP contribution in [-0.4, -0.2) is 5.91 Å². The third-order valence-corrected chi connectivity index (χ3v) is 3.32. The Morgan fingerprint density at radius 3 is 2.67 bits per heavy atom. The number of hydrogen-bond donors (Lipinski definition) is 1. The van der Waals surface area contributed by atoms with E-state index in [-0.39, 0.29) is 5.91 Å². The standard InChI is InChI=1S/C12H15NO2/c14-11-7-3-6-10-12(13-11)8-4-1-2-5-9(8)15-10/h1-7H2,(H,13,14). The molecule has 2 heterocycles. The minimum absolute atomic E-state index is 0.142. The number of aryl methyl sites for hydroxylation is 2. The third kappa shape index (κ3) is 1.46. The second-order valence-electron chi connectivity index (χ2n) is 4.41. The van der Waals surface area contributed by atoms with Crippen molar-refractivity contribution in [2.75, 3.05) is 5.32 Å². The van der Waals surface area contributed by atoms with E-state index in [2.05, 4.69) is 5.32 Å². The number of amides is 1. The summed E-state index contributed by atoms with van der Waals surface area (Å²) in [6.45, 7) is 0. The molecule has 1 aliphatic heterocycles. The number of carbonyl (C=O) groups is 1. The average molecular weight is 205 g/mol. The zero-order valence-corrected chi connectivity index (χ0v) is 8.77. The van der Waals surface area contributed by atoms with Crippen LogP contribution in [0.25, 0.3) is 0 Å². The van der Waals surface area contributed by atoms with Crippen molar-refractivity contribution in [3.8, 4) is 0 Å². The predicted molar refractivity (Wildman–Crippen MR) is 56.9 cm³/mol. The molecule has 3 rings (SSSR count). The molecule has 2 aliphatic rings. The minimum Gasteiger partial charge on any atom is -0.464 e. The summed E-state index contributed by atoms with van der Waals surface area (Å²) in [5.41, 5.74) is 2.28. The van der Waals surface area contributed by atoms with Gasteiger partial charge in [0.05, 0.1) is 5.69 Å². The molecule has 0 atom stereocenters. The average Bonchev–Trinajstić information content (AvgIpc) is 2.47. The van der Waals surface area contributed by atoms with E-state index in [9.17, 15) is 4.79 Å². The monoisotopic (exact) mass is 205 g/mol. The van der Waals surface area contributed by atoms with Gasteiger partial charge in [0.25, 0.3) is 0 Å². The zero-order valence-electron chi connectivity index (χ0n) is 8.77. The molecular formula is C12H15NO2. The summed E-state index contributed by atoms with van der Waals surface area (Å²) in [4.78, 5) is 11.5. The molecule has 3 nitrogen and oxygen atoms in total. The van der Waals surface area contributed by atoms with Crippen molar-refractivity contribution in [3.05, 3.63) is 17.1 Å². The van der Waals surface area contributed by atoms with Crippen molar-refractivity contribution >= 4 is 11.6 Å². The molecule has 1 amide bonds. The van der Waals surface area contributed by atoms with Crippen LogP contribution in [0.15, 0.2) is 4.42 Å². The fourth-order valence-corrected chi connectivity index (χ4v) is 2.56. The predicted octanol–water partition coefficient (Wildman–Crippen LogP) is 2.43. The van der Waals surface area contributed by atoms with Gasteiger partial charge >= 0.3 is 0 Å². The quantitative estimate of drug-likeness (QED) is 0.706. The normalized spacial score (nSPS) is 20.1. The fourth-order valence-electron chi connectivity index (χ4n) is 2.56. The highest BCUT2D eigenvalue weighted by Crippen LogP contribution is 2.36. The first kappa shape index (κ1) is 9.01. The van der Waals surface area contributed by atoms with Gasteiger partial charge in [0, 0.05) is 24.8 Å². The number of rotatable bonds is 0. The second-order valence-corrected chi connectivity index (χ2v) is 4.41. The first-order chi connectivity index (χ1) is 7.34. The second kappa shape index (κ2) is 3.40. The summed E-state index contributed by atoms with van der Waals surface area (Å²) in [6.07, 6.45) is 6.97. The lowest BCUT2D eigenvalue weighted by Crippen LogP contribution is -2.11. The van der Waals surface area contributed by atoms with Crippen LogP contribution in [0.3, 0.4) is 0 Å². The molecule has 1 aliphatic carbocycles. The molecule has 0 radical (unpaired) electrons. The van der Waals surface area contributed by atoms with Crippen LogP contribution in [0.2, 0.25) is 0 Å². The maximum atomic E-state index is 11.5. The minimum atomic E-state index is 0.142. The number of anilines is 1. The largest absolute Gasteiger partial charge is 0.464 e. The Labute approximate surface area is 88.8 Å². The Balaban J connectivity index is 2.06. The summed E-state index contributed by atoms with van der Waals surface area (Å²) in [5.74, 6) is 2.27. The first-order valence-corrected chi connectivity index (χ1v) is 5.78. The highest BCUT2D eigenvalue weighted by Gasteiger charge is 2.25. The van der Waals surface area contributed by atoms with Crippen molar-refractivity contribution in [2.45, 2.75) is 44.9 Å². The maximum Gasteiger partial charge on any atom is 0.224 e. The molecule has 0 saturated heterocycles. The summed E-state index contributed by atoms with van der Waals surface area (Å²) >= 11 is 0. The van der Waals surface area contributed by atoms with Gasteiger partial charge in [-0.2, -0.15) is 0 Å². The van der Waals surface area contributed by atoms with Gasteiger partial charge in [-0.25, -0.2) is 0 Å². The lowest BCUT2D eigenvalue weighted by atomic mass is 9.97. The summed E-state index contributed by atoms with van der Waals surface area (Å²) in [7, 11) is 0. The lowest BCUT2D eigenvalue weighted by Gasteiger charge is -2.10. The molecule has 0 fully saturated rings. The van der Waals surface area contributed by atoms with Crippen molar-refractivity contribution < 1.29 is 9.21 Å². The van der Waals surface area contributed by atoms with E-state index < -0.39 is 0 Å². The van der Waals surface area contributed by atoms with Gasteiger partial charge < -0.3 is 9.73 Å². The Morgan fingerprint density at radius 2 is 1.73 bits per heavy atom. The number of furan rings is 1. The van der Waals surface area contributed by atoms with E-state index in [4.69, 9.17) is 4.42 Å². The maximum absolute atomic E-state index is 11.5. The number of carbonyl (C=O) groups excluding carboxylic acids is 1. The van der Waals surface area contributed by atoms with E-state index in [1.54, 1.807) is 0 Å². The van der Waals surface area contributed by atoms with Crippen LogP contribution in [0, 0.1) is 0 Å². The molecular weight excluding hydrogens is 190 g/mol. The molecule has 15 heavy (non-hydrogen) atoms. The van der Waals surface area contributed by atoms with E-state index in [1.807, 2.05) is 0 Å². The van der Waals surface area contributed by atoms with Crippen LogP contribution in [-0.2, 0) is 24.1 Å². The number of nitrogens with one attached hydrogen (secondary N) is 1. The van der Waals surface area contributed by atoms with Gasteiger partial charge in [-0.1, -0.05) is 0 Å². The third-order valence-electron chi connectivity index (χ3n) is 3.32. The molecule has 1 N–H and O–H groups in total. The molecule has 0 aromatic carbocycles. The zero-order chi connectivity index (χ0) is 10.3. The van der Waals surface area contributed by atoms with Crippen LogP contribution in [0.5, 0.6) is 0 Å². The number of fused-ring (bicyclic) bond motifs is 3. The molecule has 1 aromatic heterocycles. The topological polar surface area (TPSA) is 42.2 Å². The molecule has 0 bridgehead atoms. The lowest BCUT2D eigenvalue weighted by molar-refractivity contribution is -0.116. The highest BCUT2D eigenvalue weighted by atomic mass is 16.3. The molecule has 0 unspecified atom stereocenters. The van der Waals surface area contributed by atoms with E-state index in [0.29, 0.717) is 6.42 Å². The molecule has 0 spiro atoms. The van der Waals surface area contributed by atoms with E-state index in [0.717, 1.165) is 42.9 Å². The van der Waals surface area contributed by atoms with Gasteiger partial charge in [-0.15, -0.1) is 0 Å². The van der Waals surface area contributed by atoms with Crippen molar-refractivity contribution in [3.63, 3.8) is 0 Å². The van der Waals surface area contributed by atoms with Gasteiger partial charge in [0.15, 0.2) is 0 Å². The number of hydrogen-bond acceptors (Lipinski definition) is 2. The molecule has 0 saturated carbocycles. The van der Waals surface area contributed by atoms with Crippen LogP contribution in [0.4, 0.5) is 5.69 Å². The van der Waals surface area contributed by atoms with Crippen LogP contribution >= 0.6 is 0 Å². The SMILES string of the molecule is O=C1CCCc2oc3c(c2N1)CCCC3. The molecule has 80 valence electrons. The van der Waals surface area contributed by atoms with Gasteiger partial charge in [0.1, 0.15) is 11.5 Å². The summed E-state index contributed by atoms with van der Waals surface area (Å²) in [6, 6.07) is 0. The van der Waals surface area contributed by atoms with Crippen molar-refractivity contribution in [1.29, 1.82) is 0 Å². The molecule has 1 aromatic rings. The molecule has 3 heteroatoms. The van der Waals surface area contributed by atoms with Gasteiger partial charge in [0.2, 0.25) is 5.91 Å². The van der Waals surface area contributed by atoms with Crippen molar-refractivity contribution in [1.82, 2.24) is 0 Å². The van der Waals surface area contributed by atoms with E-state index >= 15 is 0 Å². The summed E-state index contributed by atoms with van der Waals surface area (Å²) < 4.78 is 5.84. The van der Waals surface area contributed by atoms with E-state index in [1.165, 1.54) is 18.4 Å². The summed E-state index contributed by atoms with van der Waals surface area (Å²) in [5, 5.41) is 3.00. The smallest absolute Gasteiger partial charge is 0.224 e. The highest BCUT2D eigenvalue weighted by molar-refractivity contribution is 5.93. The Kier molecular flexibility index (Phi) is 2.04. The van der Waals surface area contributed by atoms with Crippen LogP contribution in [0.1, 0.15) is 42.8 Å². The Morgan fingerprint density at radius 1 is 0.933 bits per heavy atom. The Hall–Kier alpha value is -1.25. The van der Waals surface area contributed by atoms with Crippen molar-refractivity contribution in [2.24, 2.45) is 0 Å². The van der Waals surface area contributed by atoms with Crippen LogP contribution < -0.4 is 5.32 Å². The van der Waals surface area contributed by atoms with Gasteiger partial charge in [-0.3, -0.25) is 4.79 Å². The van der Waals surface area contributed by atoms with Gasteiger partial charge in [-0.05, 0) is 25.7 Å². The Bertz CT molecular complexity index is 406. The first-order valence-electron chi connectivity index (χ1n) is 5.78.